The summed E-state index contributed by atoms with van der Waals surface area (Å²) < 4.78 is 0. The Morgan fingerprint density at radius 2 is 1.86 bits per heavy atom. The van der Waals surface area contributed by atoms with Gasteiger partial charge in [-0.1, -0.05) is 26.8 Å². The lowest BCUT2D eigenvalue weighted by Gasteiger charge is -2.27. The van der Waals surface area contributed by atoms with E-state index in [9.17, 15) is 14.7 Å². The minimum Gasteiger partial charge on any atom is -0.480 e. The number of rotatable bonds is 3. The van der Waals surface area contributed by atoms with Gasteiger partial charge in [0.05, 0.1) is 0 Å². The highest BCUT2D eigenvalue weighted by molar-refractivity contribution is 5.92. The van der Waals surface area contributed by atoms with Crippen molar-refractivity contribution in [1.29, 1.82) is 0 Å². The summed E-state index contributed by atoms with van der Waals surface area (Å²) in [4.78, 5) is 23.2. The summed E-state index contributed by atoms with van der Waals surface area (Å²) in [6.45, 7) is 5.34. The van der Waals surface area contributed by atoms with Gasteiger partial charge < -0.3 is 15.7 Å². The average Bonchev–Trinajstić information content (AvgIpc) is 2.81. The average molecular weight is 290 g/mol. The van der Waals surface area contributed by atoms with Crippen LogP contribution in [0.2, 0.25) is 0 Å². The van der Waals surface area contributed by atoms with Crippen LogP contribution < -0.4 is 10.6 Å². The van der Waals surface area contributed by atoms with Gasteiger partial charge in [-0.25, -0.2) is 9.59 Å². The molecule has 1 aromatic carbocycles. The van der Waals surface area contributed by atoms with Crippen LogP contribution in [0.25, 0.3) is 0 Å². The highest BCUT2D eigenvalue weighted by atomic mass is 16.4. The van der Waals surface area contributed by atoms with Crippen LogP contribution >= 0.6 is 0 Å². The highest BCUT2D eigenvalue weighted by Crippen LogP contribution is 2.25. The fourth-order valence-corrected chi connectivity index (χ4v) is 2.60. The van der Waals surface area contributed by atoms with Crippen LogP contribution in [0.1, 0.15) is 38.3 Å². The van der Waals surface area contributed by atoms with E-state index in [4.69, 9.17) is 0 Å². The maximum absolute atomic E-state index is 12.0. The maximum Gasteiger partial charge on any atom is 0.326 e. The van der Waals surface area contributed by atoms with Gasteiger partial charge in [-0.3, -0.25) is 0 Å². The highest BCUT2D eigenvalue weighted by Gasteiger charge is 2.32. The first-order chi connectivity index (χ1) is 9.77. The summed E-state index contributed by atoms with van der Waals surface area (Å²) in [6.07, 6.45) is 3.27. The van der Waals surface area contributed by atoms with Gasteiger partial charge in [-0.15, -0.1) is 0 Å². The molecule has 0 saturated heterocycles. The molecule has 114 valence electrons. The number of carbonyl (C=O) groups is 2. The molecule has 0 unspecified atom stereocenters. The van der Waals surface area contributed by atoms with E-state index in [0.717, 1.165) is 19.3 Å². The number of hydrogen-bond acceptors (Lipinski definition) is 2. The number of anilines is 1. The number of carboxylic acid groups (broad SMARTS) is 1. The second-order valence-electron chi connectivity index (χ2n) is 6.57. The molecule has 1 aliphatic carbocycles. The van der Waals surface area contributed by atoms with Crippen LogP contribution in [0, 0.1) is 5.41 Å². The first-order valence-corrected chi connectivity index (χ1v) is 7.19. The minimum atomic E-state index is -1.04. The summed E-state index contributed by atoms with van der Waals surface area (Å²) in [6, 6.07) is 4.42. The van der Waals surface area contributed by atoms with Gasteiger partial charge in [0.1, 0.15) is 6.04 Å². The lowest BCUT2D eigenvalue weighted by molar-refractivity contribution is -0.141. The summed E-state index contributed by atoms with van der Waals surface area (Å²) in [5, 5.41) is 14.4. The number of benzene rings is 1. The number of aliphatic carboxylic acids is 1. The molecule has 5 heteroatoms. The molecule has 0 spiro atoms. The van der Waals surface area contributed by atoms with Crippen LogP contribution in [0.3, 0.4) is 0 Å². The number of fused-ring (bicyclic) bond motifs is 1. The van der Waals surface area contributed by atoms with Crippen LogP contribution in [-0.4, -0.2) is 23.1 Å². The normalized spacial score (nSPS) is 15.2. The largest absolute Gasteiger partial charge is 0.480 e. The van der Waals surface area contributed by atoms with Crippen molar-refractivity contribution in [3.63, 3.8) is 0 Å². The number of urea groups is 1. The molecule has 21 heavy (non-hydrogen) atoms. The Hall–Kier alpha value is -2.04. The van der Waals surface area contributed by atoms with E-state index in [2.05, 4.69) is 10.6 Å². The van der Waals surface area contributed by atoms with Gasteiger partial charge >= 0.3 is 12.0 Å². The SMILES string of the molecule is CC(C)(C)[C@@H](NC(=O)Nc1ccc2c(c1)CCC2)C(=O)O. The van der Waals surface area contributed by atoms with Crippen LogP contribution in [0.15, 0.2) is 18.2 Å². The summed E-state index contributed by atoms with van der Waals surface area (Å²) >= 11 is 0. The quantitative estimate of drug-likeness (QED) is 0.801. The van der Waals surface area contributed by atoms with E-state index in [1.165, 1.54) is 11.1 Å². The number of carboxylic acids is 1. The van der Waals surface area contributed by atoms with Gasteiger partial charge in [0.15, 0.2) is 0 Å². The third kappa shape index (κ3) is 3.74. The van der Waals surface area contributed by atoms with Crippen molar-refractivity contribution in [2.75, 3.05) is 5.32 Å². The molecular weight excluding hydrogens is 268 g/mol. The number of carbonyl (C=O) groups excluding carboxylic acids is 1. The smallest absolute Gasteiger partial charge is 0.326 e. The molecule has 0 radical (unpaired) electrons. The van der Waals surface area contributed by atoms with Crippen molar-refractivity contribution < 1.29 is 14.7 Å². The van der Waals surface area contributed by atoms with Gasteiger partial charge in [-0.05, 0) is 47.9 Å². The molecule has 0 aromatic heterocycles. The van der Waals surface area contributed by atoms with Gasteiger partial charge in [0.2, 0.25) is 0 Å². The third-order valence-corrected chi connectivity index (χ3v) is 3.74. The number of amides is 2. The van der Waals surface area contributed by atoms with E-state index in [0.29, 0.717) is 5.69 Å². The third-order valence-electron chi connectivity index (χ3n) is 3.74. The van der Waals surface area contributed by atoms with E-state index in [-0.39, 0.29) is 0 Å². The zero-order chi connectivity index (χ0) is 15.6. The van der Waals surface area contributed by atoms with Gasteiger partial charge in [-0.2, -0.15) is 0 Å². The van der Waals surface area contributed by atoms with Crippen LogP contribution in [0.5, 0.6) is 0 Å². The number of nitrogens with one attached hydrogen (secondary N) is 2. The first kappa shape index (κ1) is 15.4. The lowest BCUT2D eigenvalue weighted by Crippen LogP contribution is -2.50. The predicted octanol–water partition coefficient (Wildman–Crippen LogP) is 2.80. The Bertz CT molecular complexity index is 561. The molecule has 1 aromatic rings. The molecule has 2 rings (SSSR count). The Morgan fingerprint density at radius 1 is 1.19 bits per heavy atom. The molecule has 0 heterocycles. The van der Waals surface area contributed by atoms with Crippen molar-refractivity contribution in [3.8, 4) is 0 Å². The monoisotopic (exact) mass is 290 g/mol. The molecular formula is C16H22N2O3. The zero-order valence-electron chi connectivity index (χ0n) is 12.7. The van der Waals surface area contributed by atoms with Crippen LogP contribution in [0.4, 0.5) is 10.5 Å². The molecule has 1 atom stereocenters. The van der Waals surface area contributed by atoms with Crippen molar-refractivity contribution in [2.24, 2.45) is 5.41 Å². The molecule has 0 bridgehead atoms. The Balaban J connectivity index is 2.03. The molecule has 1 aliphatic rings. The second-order valence-corrected chi connectivity index (χ2v) is 6.57. The Kier molecular flexibility index (Phi) is 4.21. The molecule has 2 amide bonds. The Morgan fingerprint density at radius 3 is 2.48 bits per heavy atom. The lowest BCUT2D eigenvalue weighted by atomic mass is 9.87. The van der Waals surface area contributed by atoms with Crippen molar-refractivity contribution in [3.05, 3.63) is 29.3 Å². The summed E-state index contributed by atoms with van der Waals surface area (Å²) in [7, 11) is 0. The maximum atomic E-state index is 12.0. The van der Waals surface area contributed by atoms with E-state index in [1.54, 1.807) is 20.8 Å². The van der Waals surface area contributed by atoms with Crippen LogP contribution in [-0.2, 0) is 17.6 Å². The first-order valence-electron chi connectivity index (χ1n) is 7.19. The van der Waals surface area contributed by atoms with E-state index < -0.39 is 23.5 Å². The number of aryl methyl sites for hydroxylation is 2. The molecule has 0 aliphatic heterocycles. The minimum absolute atomic E-state index is 0.490. The molecule has 3 N–H and O–H groups in total. The topological polar surface area (TPSA) is 78.4 Å². The zero-order valence-corrected chi connectivity index (χ0v) is 12.7. The number of hydrogen-bond donors (Lipinski definition) is 3. The van der Waals surface area contributed by atoms with Crippen molar-refractivity contribution in [2.45, 2.75) is 46.1 Å². The fourth-order valence-electron chi connectivity index (χ4n) is 2.60. The van der Waals surface area contributed by atoms with E-state index in [1.807, 2.05) is 18.2 Å². The predicted molar refractivity (Wildman–Crippen MR) is 81.5 cm³/mol. The molecule has 0 fully saturated rings. The van der Waals surface area contributed by atoms with Crippen molar-refractivity contribution in [1.82, 2.24) is 5.32 Å². The van der Waals surface area contributed by atoms with Gasteiger partial charge in [0.25, 0.3) is 0 Å². The summed E-state index contributed by atoms with van der Waals surface area (Å²) in [5.74, 6) is -1.04. The Labute approximate surface area is 124 Å². The standard InChI is InChI=1S/C16H22N2O3/c1-16(2,3)13(14(19)20)18-15(21)17-12-8-7-10-5-4-6-11(10)9-12/h7-9,13H,4-6H2,1-3H3,(H,19,20)(H2,17,18,21)/t13-/m0/s1. The fraction of sp³-hybridized carbons (Fsp3) is 0.500. The summed E-state index contributed by atoms with van der Waals surface area (Å²) in [5.41, 5.74) is 2.74. The molecule has 5 nitrogen and oxygen atoms in total. The van der Waals surface area contributed by atoms with Gasteiger partial charge in [0, 0.05) is 5.69 Å². The van der Waals surface area contributed by atoms with E-state index >= 15 is 0 Å². The molecule has 0 saturated carbocycles. The van der Waals surface area contributed by atoms with Crippen molar-refractivity contribution >= 4 is 17.7 Å². The second kappa shape index (κ2) is 5.76.